The number of para-hydroxylation sites is 1. The molecular formula is C15H12FNO4. The van der Waals surface area contributed by atoms with Gasteiger partial charge >= 0.3 is 5.97 Å². The number of carbonyl (C=O) groups is 2. The van der Waals surface area contributed by atoms with Crippen LogP contribution in [0.2, 0.25) is 0 Å². The third-order valence-electron chi connectivity index (χ3n) is 2.81. The van der Waals surface area contributed by atoms with Crippen molar-refractivity contribution in [1.29, 1.82) is 0 Å². The summed E-state index contributed by atoms with van der Waals surface area (Å²) in [4.78, 5) is 22.8. The molecule has 0 aromatic heterocycles. The minimum atomic E-state index is -1.37. The first-order valence-corrected chi connectivity index (χ1v) is 6.00. The van der Waals surface area contributed by atoms with E-state index in [1.54, 1.807) is 24.3 Å². The van der Waals surface area contributed by atoms with Crippen LogP contribution in [0.4, 0.5) is 10.1 Å². The number of nitrogens with one attached hydrogen (secondary N) is 1. The zero-order valence-electron chi connectivity index (χ0n) is 11.1. The van der Waals surface area contributed by atoms with E-state index in [0.717, 1.165) is 12.1 Å². The van der Waals surface area contributed by atoms with E-state index in [0.29, 0.717) is 11.3 Å². The predicted octanol–water partition coefficient (Wildman–Crippen LogP) is 2.78. The molecule has 2 N–H and O–H groups in total. The van der Waals surface area contributed by atoms with Crippen molar-refractivity contribution in [3.05, 3.63) is 59.4 Å². The number of carboxylic acid groups (broad SMARTS) is 1. The van der Waals surface area contributed by atoms with Crippen molar-refractivity contribution in [2.24, 2.45) is 0 Å². The zero-order chi connectivity index (χ0) is 15.4. The number of anilines is 1. The number of ether oxygens (including phenoxy) is 1. The molecule has 21 heavy (non-hydrogen) atoms. The van der Waals surface area contributed by atoms with Crippen molar-refractivity contribution < 1.29 is 23.8 Å². The van der Waals surface area contributed by atoms with Crippen LogP contribution < -0.4 is 10.1 Å². The highest BCUT2D eigenvalue weighted by molar-refractivity contribution is 6.06. The van der Waals surface area contributed by atoms with Crippen LogP contribution in [0.3, 0.4) is 0 Å². The van der Waals surface area contributed by atoms with E-state index in [4.69, 9.17) is 9.84 Å². The molecule has 0 spiro atoms. The Labute approximate surface area is 120 Å². The highest BCUT2D eigenvalue weighted by Gasteiger charge is 2.14. The molecule has 0 heterocycles. The van der Waals surface area contributed by atoms with Gasteiger partial charge in [0.2, 0.25) is 0 Å². The van der Waals surface area contributed by atoms with Gasteiger partial charge in [0, 0.05) is 5.69 Å². The Morgan fingerprint density at radius 1 is 1.14 bits per heavy atom. The highest BCUT2D eigenvalue weighted by atomic mass is 19.1. The normalized spacial score (nSPS) is 10.0. The molecular weight excluding hydrogens is 277 g/mol. The van der Waals surface area contributed by atoms with Crippen LogP contribution in [-0.2, 0) is 0 Å². The average Bonchev–Trinajstić information content (AvgIpc) is 2.46. The fourth-order valence-electron chi connectivity index (χ4n) is 1.80. The topological polar surface area (TPSA) is 75.6 Å². The second kappa shape index (κ2) is 6.04. The SMILES string of the molecule is COc1ccccc1C(=O)Nc1ccc(C(=O)O)c(F)c1. The van der Waals surface area contributed by atoms with Gasteiger partial charge in [0.15, 0.2) is 0 Å². The molecule has 6 heteroatoms. The summed E-state index contributed by atoms with van der Waals surface area (Å²) >= 11 is 0. The lowest BCUT2D eigenvalue weighted by Gasteiger charge is -2.09. The first-order chi connectivity index (χ1) is 10.0. The van der Waals surface area contributed by atoms with Crippen LogP contribution in [0.15, 0.2) is 42.5 Å². The Hall–Kier alpha value is -2.89. The van der Waals surface area contributed by atoms with Gasteiger partial charge < -0.3 is 15.2 Å². The molecule has 0 saturated carbocycles. The number of amides is 1. The maximum absolute atomic E-state index is 13.5. The van der Waals surface area contributed by atoms with E-state index < -0.39 is 23.3 Å². The van der Waals surface area contributed by atoms with E-state index in [-0.39, 0.29) is 5.69 Å². The molecule has 0 fully saturated rings. The summed E-state index contributed by atoms with van der Waals surface area (Å²) in [5.74, 6) is -2.37. The van der Waals surface area contributed by atoms with Gasteiger partial charge in [-0.3, -0.25) is 4.79 Å². The summed E-state index contributed by atoms with van der Waals surface area (Å²) < 4.78 is 18.6. The van der Waals surface area contributed by atoms with Crippen molar-refractivity contribution >= 4 is 17.6 Å². The standard InChI is InChI=1S/C15H12FNO4/c1-21-13-5-3-2-4-11(13)14(18)17-9-6-7-10(15(19)20)12(16)8-9/h2-8H,1H3,(H,17,18)(H,19,20). The minimum absolute atomic E-state index is 0.161. The first kappa shape index (κ1) is 14.5. The first-order valence-electron chi connectivity index (χ1n) is 6.00. The van der Waals surface area contributed by atoms with Gasteiger partial charge in [0.1, 0.15) is 11.6 Å². The maximum Gasteiger partial charge on any atom is 0.338 e. The van der Waals surface area contributed by atoms with E-state index in [1.165, 1.54) is 13.2 Å². The zero-order valence-corrected chi connectivity index (χ0v) is 11.1. The third kappa shape index (κ3) is 3.17. The molecule has 0 aliphatic heterocycles. The van der Waals surface area contributed by atoms with E-state index in [1.807, 2.05) is 0 Å². The lowest BCUT2D eigenvalue weighted by atomic mass is 10.1. The maximum atomic E-state index is 13.5. The second-order valence-electron chi connectivity index (χ2n) is 4.15. The number of benzene rings is 2. The van der Waals surface area contributed by atoms with Gasteiger partial charge in [-0.1, -0.05) is 12.1 Å². The molecule has 2 aromatic rings. The van der Waals surface area contributed by atoms with Crippen LogP contribution in [0.25, 0.3) is 0 Å². The van der Waals surface area contributed by atoms with Crippen molar-refractivity contribution in [2.75, 3.05) is 12.4 Å². The van der Waals surface area contributed by atoms with Gasteiger partial charge in [-0.05, 0) is 30.3 Å². The average molecular weight is 289 g/mol. The summed E-state index contributed by atoms with van der Waals surface area (Å²) in [6, 6.07) is 9.95. The molecule has 2 rings (SSSR count). The van der Waals surface area contributed by atoms with Crippen LogP contribution in [0, 0.1) is 5.82 Å². The molecule has 0 aliphatic rings. The summed E-state index contributed by atoms with van der Waals surface area (Å²) in [5, 5.41) is 11.2. The van der Waals surface area contributed by atoms with Gasteiger partial charge in [-0.2, -0.15) is 0 Å². The van der Waals surface area contributed by atoms with Crippen LogP contribution in [0.5, 0.6) is 5.75 Å². The van der Waals surface area contributed by atoms with Crippen molar-refractivity contribution in [1.82, 2.24) is 0 Å². The Morgan fingerprint density at radius 3 is 2.48 bits per heavy atom. The number of hydrogen-bond acceptors (Lipinski definition) is 3. The summed E-state index contributed by atoms with van der Waals surface area (Å²) in [5.41, 5.74) is 0.00131. The molecule has 0 bridgehead atoms. The van der Waals surface area contributed by atoms with Crippen LogP contribution in [-0.4, -0.2) is 24.1 Å². The van der Waals surface area contributed by atoms with Gasteiger partial charge in [0.25, 0.3) is 5.91 Å². The molecule has 2 aromatic carbocycles. The molecule has 108 valence electrons. The quantitative estimate of drug-likeness (QED) is 0.907. The van der Waals surface area contributed by atoms with Gasteiger partial charge in [-0.25, -0.2) is 9.18 Å². The Balaban J connectivity index is 2.24. The lowest BCUT2D eigenvalue weighted by Crippen LogP contribution is -2.13. The number of hydrogen-bond donors (Lipinski definition) is 2. The molecule has 0 aliphatic carbocycles. The van der Waals surface area contributed by atoms with Crippen LogP contribution in [0.1, 0.15) is 20.7 Å². The third-order valence-corrected chi connectivity index (χ3v) is 2.81. The van der Waals surface area contributed by atoms with Gasteiger partial charge in [0.05, 0.1) is 18.2 Å². The summed E-state index contributed by atoms with van der Waals surface area (Å²) in [6.45, 7) is 0. The second-order valence-corrected chi connectivity index (χ2v) is 4.15. The van der Waals surface area contributed by atoms with E-state index >= 15 is 0 Å². The monoisotopic (exact) mass is 289 g/mol. The Kier molecular flexibility index (Phi) is 4.18. The number of methoxy groups -OCH3 is 1. The fourth-order valence-corrected chi connectivity index (χ4v) is 1.80. The van der Waals surface area contributed by atoms with Crippen molar-refractivity contribution in [3.8, 4) is 5.75 Å². The number of rotatable bonds is 4. The largest absolute Gasteiger partial charge is 0.496 e. The van der Waals surface area contributed by atoms with Crippen LogP contribution >= 0.6 is 0 Å². The van der Waals surface area contributed by atoms with Crippen molar-refractivity contribution in [2.45, 2.75) is 0 Å². The number of aromatic carboxylic acids is 1. The minimum Gasteiger partial charge on any atom is -0.496 e. The molecule has 0 unspecified atom stereocenters. The van der Waals surface area contributed by atoms with E-state index in [2.05, 4.69) is 5.32 Å². The summed E-state index contributed by atoms with van der Waals surface area (Å²) in [6.07, 6.45) is 0. The van der Waals surface area contributed by atoms with Crippen molar-refractivity contribution in [3.63, 3.8) is 0 Å². The Morgan fingerprint density at radius 2 is 1.86 bits per heavy atom. The van der Waals surface area contributed by atoms with Gasteiger partial charge in [-0.15, -0.1) is 0 Å². The number of carboxylic acids is 1. The molecule has 5 nitrogen and oxygen atoms in total. The number of carbonyl (C=O) groups excluding carboxylic acids is 1. The van der Waals surface area contributed by atoms with E-state index in [9.17, 15) is 14.0 Å². The smallest absolute Gasteiger partial charge is 0.338 e. The highest BCUT2D eigenvalue weighted by Crippen LogP contribution is 2.20. The molecule has 1 amide bonds. The molecule has 0 radical (unpaired) electrons. The lowest BCUT2D eigenvalue weighted by molar-refractivity contribution is 0.0692. The Bertz CT molecular complexity index is 700. The fraction of sp³-hybridized carbons (Fsp3) is 0.0667. The molecule has 0 atom stereocenters. The molecule has 0 saturated heterocycles. The summed E-state index contributed by atoms with van der Waals surface area (Å²) in [7, 11) is 1.44. The number of halogens is 1. The predicted molar refractivity (Wildman–Crippen MR) is 74.3 cm³/mol.